The summed E-state index contributed by atoms with van der Waals surface area (Å²) in [6, 6.07) is 10.5. The Morgan fingerprint density at radius 3 is 2.64 bits per heavy atom. The van der Waals surface area contributed by atoms with E-state index in [-0.39, 0.29) is 0 Å². The van der Waals surface area contributed by atoms with Gasteiger partial charge in [0.05, 0.1) is 0 Å². The normalized spacial score (nSPS) is 28.9. The SMILES string of the molecule is CC1(C)C2=C(CCCC2)C2C=CC(Nc3ccccc3)=CC21. The number of para-hydroxylation sites is 1. The first-order valence-corrected chi connectivity index (χ1v) is 8.61. The number of benzene rings is 1. The molecule has 1 aromatic carbocycles. The van der Waals surface area contributed by atoms with Crippen LogP contribution in [-0.4, -0.2) is 0 Å². The Bertz CT molecular complexity index is 660. The molecule has 2 atom stereocenters. The Morgan fingerprint density at radius 1 is 1.05 bits per heavy atom. The van der Waals surface area contributed by atoms with Gasteiger partial charge in [-0.3, -0.25) is 0 Å². The molecule has 0 spiro atoms. The second-order valence-corrected chi connectivity index (χ2v) is 7.46. The smallest absolute Gasteiger partial charge is 0.0384 e. The molecule has 1 heteroatoms. The van der Waals surface area contributed by atoms with Crippen molar-refractivity contribution in [2.45, 2.75) is 39.5 Å². The fraction of sp³-hybridized carbons (Fsp3) is 0.429. The maximum atomic E-state index is 3.57. The van der Waals surface area contributed by atoms with Crippen LogP contribution in [0.2, 0.25) is 0 Å². The summed E-state index contributed by atoms with van der Waals surface area (Å²) in [5, 5.41) is 3.57. The lowest BCUT2D eigenvalue weighted by Crippen LogP contribution is -2.25. The molecule has 1 nitrogen and oxygen atoms in total. The topological polar surface area (TPSA) is 12.0 Å². The van der Waals surface area contributed by atoms with Crippen LogP contribution in [0.5, 0.6) is 0 Å². The van der Waals surface area contributed by atoms with Crippen LogP contribution in [0.3, 0.4) is 0 Å². The van der Waals surface area contributed by atoms with E-state index in [4.69, 9.17) is 0 Å². The Balaban J connectivity index is 1.63. The molecule has 0 heterocycles. The largest absolute Gasteiger partial charge is 0.356 e. The van der Waals surface area contributed by atoms with Gasteiger partial charge in [-0.15, -0.1) is 0 Å². The zero-order valence-corrected chi connectivity index (χ0v) is 13.6. The second kappa shape index (κ2) is 5.15. The Labute approximate surface area is 133 Å². The number of hydrogen-bond acceptors (Lipinski definition) is 1. The first kappa shape index (κ1) is 13.9. The van der Waals surface area contributed by atoms with Crippen molar-refractivity contribution in [3.05, 3.63) is 65.4 Å². The summed E-state index contributed by atoms with van der Waals surface area (Å²) in [5.41, 5.74) is 6.25. The molecule has 1 aromatic rings. The third kappa shape index (κ3) is 2.15. The summed E-state index contributed by atoms with van der Waals surface area (Å²) in [7, 11) is 0. The van der Waals surface area contributed by atoms with Gasteiger partial charge in [0.2, 0.25) is 0 Å². The molecule has 3 aliphatic carbocycles. The summed E-state index contributed by atoms with van der Waals surface area (Å²) in [4.78, 5) is 0. The fourth-order valence-electron chi connectivity index (χ4n) is 4.68. The van der Waals surface area contributed by atoms with E-state index in [9.17, 15) is 0 Å². The van der Waals surface area contributed by atoms with Gasteiger partial charge >= 0.3 is 0 Å². The number of allylic oxidation sites excluding steroid dienone is 5. The van der Waals surface area contributed by atoms with E-state index in [0.717, 1.165) is 0 Å². The van der Waals surface area contributed by atoms with E-state index < -0.39 is 0 Å². The van der Waals surface area contributed by atoms with E-state index in [1.165, 1.54) is 37.1 Å². The number of rotatable bonds is 2. The summed E-state index contributed by atoms with van der Waals surface area (Å²) < 4.78 is 0. The minimum absolute atomic E-state index is 0.314. The van der Waals surface area contributed by atoms with Gasteiger partial charge in [0.15, 0.2) is 0 Å². The number of hydrogen-bond donors (Lipinski definition) is 1. The number of anilines is 1. The van der Waals surface area contributed by atoms with Gasteiger partial charge in [-0.25, -0.2) is 0 Å². The molecule has 0 aliphatic heterocycles. The van der Waals surface area contributed by atoms with Gasteiger partial charge in [0.25, 0.3) is 0 Å². The molecule has 0 saturated carbocycles. The standard InChI is InChI=1S/C21H25N/c1-21(2)19-11-7-6-10-17(19)18-13-12-16(14-20(18)21)22-15-8-4-3-5-9-15/h3-5,8-9,12-14,18,20,22H,6-7,10-11H2,1-2H3. The lowest BCUT2D eigenvalue weighted by molar-refractivity contribution is 0.308. The van der Waals surface area contributed by atoms with E-state index in [2.05, 4.69) is 67.7 Å². The zero-order valence-electron chi connectivity index (χ0n) is 13.6. The lowest BCUT2D eigenvalue weighted by atomic mass is 9.72. The number of fused-ring (bicyclic) bond motifs is 2. The molecular formula is C21H25N. The van der Waals surface area contributed by atoms with Gasteiger partial charge in [-0.05, 0) is 55.2 Å². The molecule has 0 fully saturated rings. The van der Waals surface area contributed by atoms with Crippen LogP contribution in [0.4, 0.5) is 5.69 Å². The van der Waals surface area contributed by atoms with Gasteiger partial charge in [-0.1, -0.05) is 55.3 Å². The third-order valence-corrected chi connectivity index (χ3v) is 5.82. The molecule has 0 amide bonds. The number of nitrogens with one attached hydrogen (secondary N) is 1. The molecule has 0 aromatic heterocycles. The maximum absolute atomic E-state index is 3.57. The van der Waals surface area contributed by atoms with Crippen molar-refractivity contribution in [2.75, 3.05) is 5.32 Å². The first-order valence-electron chi connectivity index (χ1n) is 8.61. The molecule has 3 aliphatic rings. The van der Waals surface area contributed by atoms with Crippen molar-refractivity contribution in [1.82, 2.24) is 0 Å². The van der Waals surface area contributed by atoms with Crippen molar-refractivity contribution in [1.29, 1.82) is 0 Å². The highest BCUT2D eigenvalue weighted by atomic mass is 14.9. The molecule has 0 saturated heterocycles. The van der Waals surface area contributed by atoms with Crippen LogP contribution in [0.25, 0.3) is 0 Å². The molecule has 114 valence electrons. The van der Waals surface area contributed by atoms with Crippen molar-refractivity contribution < 1.29 is 0 Å². The molecule has 0 bridgehead atoms. The predicted octanol–water partition coefficient (Wildman–Crippen LogP) is 5.70. The van der Waals surface area contributed by atoms with Crippen molar-refractivity contribution in [3.63, 3.8) is 0 Å². The van der Waals surface area contributed by atoms with Gasteiger partial charge < -0.3 is 5.32 Å². The minimum atomic E-state index is 0.314. The van der Waals surface area contributed by atoms with Gasteiger partial charge in [0.1, 0.15) is 0 Å². The Morgan fingerprint density at radius 2 is 1.82 bits per heavy atom. The maximum Gasteiger partial charge on any atom is 0.0384 e. The highest BCUT2D eigenvalue weighted by Crippen LogP contribution is 2.57. The predicted molar refractivity (Wildman–Crippen MR) is 93.5 cm³/mol. The van der Waals surface area contributed by atoms with Crippen LogP contribution in [0.15, 0.2) is 65.4 Å². The van der Waals surface area contributed by atoms with E-state index in [1.807, 2.05) is 0 Å². The Kier molecular flexibility index (Phi) is 3.25. The van der Waals surface area contributed by atoms with E-state index in [1.54, 1.807) is 11.1 Å². The lowest BCUT2D eigenvalue weighted by Gasteiger charge is -2.33. The quantitative estimate of drug-likeness (QED) is 0.690. The monoisotopic (exact) mass is 291 g/mol. The van der Waals surface area contributed by atoms with Crippen LogP contribution in [0.1, 0.15) is 39.5 Å². The molecule has 1 N–H and O–H groups in total. The van der Waals surface area contributed by atoms with Crippen molar-refractivity contribution in [2.24, 2.45) is 17.3 Å². The van der Waals surface area contributed by atoms with E-state index >= 15 is 0 Å². The molecule has 4 rings (SSSR count). The summed E-state index contributed by atoms with van der Waals surface area (Å²) in [6.07, 6.45) is 12.6. The van der Waals surface area contributed by atoms with Gasteiger partial charge in [-0.2, -0.15) is 0 Å². The average Bonchev–Trinajstić information content (AvgIpc) is 2.77. The molecule has 22 heavy (non-hydrogen) atoms. The highest BCUT2D eigenvalue weighted by Gasteiger charge is 2.46. The van der Waals surface area contributed by atoms with Crippen molar-refractivity contribution in [3.8, 4) is 0 Å². The second-order valence-electron chi connectivity index (χ2n) is 7.46. The third-order valence-electron chi connectivity index (χ3n) is 5.82. The highest BCUT2D eigenvalue weighted by molar-refractivity contribution is 5.53. The van der Waals surface area contributed by atoms with E-state index in [0.29, 0.717) is 17.3 Å². The van der Waals surface area contributed by atoms with Crippen LogP contribution >= 0.6 is 0 Å². The van der Waals surface area contributed by atoms with Crippen LogP contribution in [0, 0.1) is 17.3 Å². The van der Waals surface area contributed by atoms with Crippen LogP contribution in [-0.2, 0) is 0 Å². The summed E-state index contributed by atoms with van der Waals surface area (Å²) >= 11 is 0. The van der Waals surface area contributed by atoms with Crippen molar-refractivity contribution >= 4 is 5.69 Å². The molecular weight excluding hydrogens is 266 g/mol. The fourth-order valence-corrected chi connectivity index (χ4v) is 4.68. The average molecular weight is 291 g/mol. The zero-order chi connectivity index (χ0) is 15.2. The van der Waals surface area contributed by atoms with Crippen LogP contribution < -0.4 is 5.32 Å². The Hall–Kier alpha value is -1.76. The summed E-state index contributed by atoms with van der Waals surface area (Å²) in [5.74, 6) is 1.26. The molecule has 0 radical (unpaired) electrons. The molecule has 2 unspecified atom stereocenters. The van der Waals surface area contributed by atoms with Gasteiger partial charge in [0, 0.05) is 17.3 Å². The minimum Gasteiger partial charge on any atom is -0.356 e. The summed E-state index contributed by atoms with van der Waals surface area (Å²) in [6.45, 7) is 4.90. The first-order chi connectivity index (χ1) is 10.7.